The number of nitrogens with zero attached hydrogens (tertiary/aromatic N) is 2. The predicted molar refractivity (Wildman–Crippen MR) is 106 cm³/mol. The number of nitrogens with one attached hydrogen (secondary N) is 1. The monoisotopic (exact) mass is 421 g/mol. The topological polar surface area (TPSA) is 96.0 Å². The van der Waals surface area contributed by atoms with Gasteiger partial charge < -0.3 is 14.5 Å². The van der Waals surface area contributed by atoms with Crippen LogP contribution in [0, 0.1) is 6.92 Å². The predicted octanol–water partition coefficient (Wildman–Crippen LogP) is 0.899. The van der Waals surface area contributed by atoms with Crippen molar-refractivity contribution in [3.05, 3.63) is 29.3 Å². The van der Waals surface area contributed by atoms with Crippen molar-refractivity contribution in [2.45, 2.75) is 49.6 Å². The van der Waals surface area contributed by atoms with E-state index < -0.39 is 10.0 Å². The van der Waals surface area contributed by atoms with E-state index in [0.717, 1.165) is 31.2 Å². The molecule has 1 aromatic rings. The molecule has 0 spiro atoms. The van der Waals surface area contributed by atoms with Gasteiger partial charge in [0.25, 0.3) is 11.8 Å². The third-order valence-corrected chi connectivity index (χ3v) is 7.25. The molecule has 0 bridgehead atoms. The van der Waals surface area contributed by atoms with E-state index in [1.54, 1.807) is 22.8 Å². The molecule has 158 valence electrons. The lowest BCUT2D eigenvalue weighted by Crippen LogP contribution is -2.52. The minimum atomic E-state index is -3.62. The maximum atomic E-state index is 13.0. The number of carbonyl (C=O) groups excluding carboxylic acids is 2. The van der Waals surface area contributed by atoms with Gasteiger partial charge >= 0.3 is 0 Å². The van der Waals surface area contributed by atoms with Crippen LogP contribution in [0.25, 0.3) is 0 Å². The molecule has 1 aromatic carbocycles. The van der Waals surface area contributed by atoms with E-state index >= 15 is 0 Å². The zero-order chi connectivity index (χ0) is 20.6. The number of rotatable bonds is 5. The molecule has 2 aliphatic heterocycles. The molecule has 1 aliphatic carbocycles. The molecule has 2 amide bonds. The van der Waals surface area contributed by atoms with Gasteiger partial charge in [-0.2, -0.15) is 0 Å². The molecular formula is C20H27N3O5S. The zero-order valence-electron chi connectivity index (χ0n) is 16.6. The summed E-state index contributed by atoms with van der Waals surface area (Å²) >= 11 is 0. The van der Waals surface area contributed by atoms with Crippen LogP contribution in [0.3, 0.4) is 0 Å². The molecule has 1 atom stereocenters. The molecule has 1 N–H and O–H groups in total. The number of amides is 2. The Kier molecular flexibility index (Phi) is 5.63. The van der Waals surface area contributed by atoms with Crippen molar-refractivity contribution in [2.75, 3.05) is 32.8 Å². The molecule has 1 unspecified atom stereocenters. The number of aryl methyl sites for hydroxylation is 1. The molecule has 3 fully saturated rings. The maximum Gasteiger partial charge on any atom is 0.254 e. The molecule has 2 saturated heterocycles. The van der Waals surface area contributed by atoms with Gasteiger partial charge in [-0.1, -0.05) is 6.07 Å². The first-order valence-corrected chi connectivity index (χ1v) is 11.7. The first kappa shape index (κ1) is 20.3. The first-order valence-electron chi connectivity index (χ1n) is 10.2. The van der Waals surface area contributed by atoms with E-state index in [1.807, 2.05) is 0 Å². The summed E-state index contributed by atoms with van der Waals surface area (Å²) in [6, 6.07) is 4.68. The Morgan fingerprint density at radius 1 is 1.07 bits per heavy atom. The number of piperazine rings is 1. The Bertz CT molecular complexity index is 899. The second-order valence-electron chi connectivity index (χ2n) is 7.99. The van der Waals surface area contributed by atoms with Crippen molar-refractivity contribution >= 4 is 21.8 Å². The fraction of sp³-hybridized carbons (Fsp3) is 0.600. The molecular weight excluding hydrogens is 394 g/mol. The lowest BCUT2D eigenvalue weighted by molar-refractivity contribution is -0.142. The molecule has 1 saturated carbocycles. The molecule has 4 rings (SSSR count). The quantitative estimate of drug-likeness (QED) is 0.762. The molecule has 8 nitrogen and oxygen atoms in total. The first-order chi connectivity index (χ1) is 13.8. The van der Waals surface area contributed by atoms with Crippen LogP contribution >= 0.6 is 0 Å². The van der Waals surface area contributed by atoms with Crippen LogP contribution in [0.2, 0.25) is 0 Å². The van der Waals surface area contributed by atoms with Gasteiger partial charge in [0.1, 0.15) is 6.10 Å². The smallest absolute Gasteiger partial charge is 0.254 e. The highest BCUT2D eigenvalue weighted by Crippen LogP contribution is 2.24. The Hall–Kier alpha value is -1.97. The van der Waals surface area contributed by atoms with Crippen LogP contribution in [-0.4, -0.2) is 75.0 Å². The summed E-state index contributed by atoms with van der Waals surface area (Å²) in [5.74, 6) is -0.194. The van der Waals surface area contributed by atoms with E-state index in [9.17, 15) is 18.0 Å². The van der Waals surface area contributed by atoms with Crippen LogP contribution < -0.4 is 4.72 Å². The van der Waals surface area contributed by atoms with Crippen molar-refractivity contribution in [1.29, 1.82) is 0 Å². The van der Waals surface area contributed by atoms with Gasteiger partial charge in [-0.15, -0.1) is 0 Å². The highest BCUT2D eigenvalue weighted by molar-refractivity contribution is 7.89. The summed E-state index contributed by atoms with van der Waals surface area (Å²) in [6.45, 7) is 4.20. The van der Waals surface area contributed by atoms with E-state index in [4.69, 9.17) is 4.74 Å². The van der Waals surface area contributed by atoms with Gasteiger partial charge in [-0.05, 0) is 50.3 Å². The number of sulfonamides is 1. The summed E-state index contributed by atoms with van der Waals surface area (Å²) in [6.07, 6.45) is 3.02. The second-order valence-corrected chi connectivity index (χ2v) is 9.71. The fourth-order valence-corrected chi connectivity index (χ4v) is 5.09. The minimum absolute atomic E-state index is 0.00465. The average Bonchev–Trinajstić information content (AvgIpc) is 3.34. The van der Waals surface area contributed by atoms with Crippen molar-refractivity contribution in [1.82, 2.24) is 14.5 Å². The van der Waals surface area contributed by atoms with Gasteiger partial charge in [0.15, 0.2) is 0 Å². The summed E-state index contributed by atoms with van der Waals surface area (Å²) in [4.78, 5) is 29.1. The van der Waals surface area contributed by atoms with Crippen LogP contribution in [0.15, 0.2) is 23.1 Å². The summed E-state index contributed by atoms with van der Waals surface area (Å²) in [5, 5.41) is 0. The van der Waals surface area contributed by atoms with Crippen LogP contribution in [0.1, 0.15) is 41.6 Å². The number of hydrogen-bond acceptors (Lipinski definition) is 5. The van der Waals surface area contributed by atoms with Gasteiger partial charge in [-0.25, -0.2) is 13.1 Å². The number of hydrogen-bond donors (Lipinski definition) is 1. The summed E-state index contributed by atoms with van der Waals surface area (Å²) in [5.41, 5.74) is 1.13. The standard InChI is InChI=1S/C20H27N3O5S/c1-14-4-7-16(29(26,27)21-15-5-6-15)13-17(14)19(24)22-8-10-23(11-9-22)20(25)18-3-2-12-28-18/h4,7,13,15,18,21H,2-3,5-6,8-12H2,1H3. The number of ether oxygens (including phenoxy) is 1. The van der Waals surface area contributed by atoms with Crippen LogP contribution in [0.4, 0.5) is 0 Å². The van der Waals surface area contributed by atoms with Crippen LogP contribution in [-0.2, 0) is 19.6 Å². The van der Waals surface area contributed by atoms with Gasteiger partial charge in [0.05, 0.1) is 4.90 Å². The lowest BCUT2D eigenvalue weighted by atomic mass is 10.1. The Balaban J connectivity index is 1.43. The average molecular weight is 422 g/mol. The largest absolute Gasteiger partial charge is 0.368 e. The van der Waals surface area contributed by atoms with E-state index in [1.165, 1.54) is 12.1 Å². The normalized spacial score (nSPS) is 22.7. The van der Waals surface area contributed by atoms with Gasteiger partial charge in [-0.3, -0.25) is 9.59 Å². The third-order valence-electron chi connectivity index (χ3n) is 5.73. The summed E-state index contributed by atoms with van der Waals surface area (Å²) < 4.78 is 33.1. The molecule has 29 heavy (non-hydrogen) atoms. The molecule has 3 aliphatic rings. The lowest BCUT2D eigenvalue weighted by Gasteiger charge is -2.36. The van der Waals surface area contributed by atoms with Gasteiger partial charge in [0.2, 0.25) is 10.0 Å². The Morgan fingerprint density at radius 2 is 1.76 bits per heavy atom. The highest BCUT2D eigenvalue weighted by atomic mass is 32.2. The molecule has 0 radical (unpaired) electrons. The number of benzene rings is 1. The highest BCUT2D eigenvalue weighted by Gasteiger charge is 2.32. The Labute approximate surface area is 171 Å². The van der Waals surface area contributed by atoms with Crippen molar-refractivity contribution in [3.63, 3.8) is 0 Å². The van der Waals surface area contributed by atoms with Crippen LogP contribution in [0.5, 0.6) is 0 Å². The molecule has 0 aromatic heterocycles. The van der Waals surface area contributed by atoms with E-state index in [0.29, 0.717) is 38.3 Å². The maximum absolute atomic E-state index is 13.0. The summed E-state index contributed by atoms with van der Waals surface area (Å²) in [7, 11) is -3.62. The SMILES string of the molecule is Cc1ccc(S(=O)(=O)NC2CC2)cc1C(=O)N1CCN(C(=O)C2CCCO2)CC1. The number of carbonyl (C=O) groups is 2. The molecule has 9 heteroatoms. The van der Waals surface area contributed by atoms with Gasteiger partial charge in [0, 0.05) is 44.4 Å². The third kappa shape index (κ3) is 4.46. The second kappa shape index (κ2) is 8.04. The van der Waals surface area contributed by atoms with Crippen molar-refractivity contribution < 1.29 is 22.7 Å². The Morgan fingerprint density at radius 3 is 2.38 bits per heavy atom. The fourth-order valence-electron chi connectivity index (χ4n) is 3.76. The van der Waals surface area contributed by atoms with E-state index in [2.05, 4.69) is 4.72 Å². The minimum Gasteiger partial charge on any atom is -0.368 e. The van der Waals surface area contributed by atoms with Crippen molar-refractivity contribution in [2.24, 2.45) is 0 Å². The molecule has 2 heterocycles. The van der Waals surface area contributed by atoms with Crippen molar-refractivity contribution in [3.8, 4) is 0 Å². The zero-order valence-corrected chi connectivity index (χ0v) is 17.4. The van der Waals surface area contributed by atoms with E-state index in [-0.39, 0.29) is 28.9 Å².